The van der Waals surface area contributed by atoms with Crippen molar-refractivity contribution in [3.05, 3.63) is 33.9 Å². The molecule has 7 heteroatoms. The highest BCUT2D eigenvalue weighted by atomic mass is 16.6. The molecular formula is C14H20N2O5. The lowest BCUT2D eigenvalue weighted by Crippen LogP contribution is -2.10. The fourth-order valence-corrected chi connectivity index (χ4v) is 1.72. The van der Waals surface area contributed by atoms with Crippen molar-refractivity contribution in [1.29, 1.82) is 0 Å². The molecule has 116 valence electrons. The first-order chi connectivity index (χ1) is 10.1. The summed E-state index contributed by atoms with van der Waals surface area (Å²) in [7, 11) is 0. The zero-order valence-corrected chi connectivity index (χ0v) is 12.0. The van der Waals surface area contributed by atoms with Crippen molar-refractivity contribution in [2.24, 2.45) is 0 Å². The van der Waals surface area contributed by atoms with Crippen LogP contribution in [0.5, 0.6) is 0 Å². The molecular weight excluding hydrogens is 276 g/mol. The minimum atomic E-state index is -1.12. The number of nitrogens with zero attached hydrogens (tertiary/aromatic N) is 1. The maximum atomic E-state index is 11.1. The number of nitrogens with one attached hydrogen (secondary N) is 1. The van der Waals surface area contributed by atoms with Crippen molar-refractivity contribution in [2.75, 3.05) is 25.1 Å². The SMILES string of the molecule is CCCCOCCCNc1cc([N+](=O)[O-])ccc1C(=O)O. The molecule has 0 aliphatic rings. The van der Waals surface area contributed by atoms with Crippen LogP contribution >= 0.6 is 0 Å². The zero-order chi connectivity index (χ0) is 15.7. The zero-order valence-electron chi connectivity index (χ0n) is 12.0. The summed E-state index contributed by atoms with van der Waals surface area (Å²) in [5.74, 6) is -1.12. The average molecular weight is 296 g/mol. The number of carboxylic acid groups (broad SMARTS) is 1. The number of unbranched alkanes of at least 4 members (excludes halogenated alkanes) is 1. The summed E-state index contributed by atoms with van der Waals surface area (Å²) in [6.45, 7) is 3.87. The number of nitro benzene ring substituents is 1. The molecule has 0 saturated heterocycles. The van der Waals surface area contributed by atoms with E-state index in [1.54, 1.807) is 0 Å². The van der Waals surface area contributed by atoms with Crippen molar-refractivity contribution in [3.8, 4) is 0 Å². The van der Waals surface area contributed by atoms with Crippen LogP contribution in [-0.4, -0.2) is 35.8 Å². The van der Waals surface area contributed by atoms with Gasteiger partial charge in [-0.1, -0.05) is 13.3 Å². The fraction of sp³-hybridized carbons (Fsp3) is 0.500. The quantitative estimate of drug-likeness (QED) is 0.391. The highest BCUT2D eigenvalue weighted by Crippen LogP contribution is 2.22. The standard InChI is InChI=1S/C14H20N2O5/c1-2-3-8-21-9-4-7-15-13-10-11(16(19)20)5-6-12(13)14(17)18/h5-6,10,15H,2-4,7-9H2,1H3,(H,17,18). The predicted molar refractivity (Wildman–Crippen MR) is 78.9 cm³/mol. The van der Waals surface area contributed by atoms with Crippen LogP contribution in [0.3, 0.4) is 0 Å². The van der Waals surface area contributed by atoms with Gasteiger partial charge in [-0.15, -0.1) is 0 Å². The summed E-state index contributed by atoms with van der Waals surface area (Å²) in [4.78, 5) is 21.2. The molecule has 0 saturated carbocycles. The van der Waals surface area contributed by atoms with Crippen molar-refractivity contribution >= 4 is 17.3 Å². The van der Waals surface area contributed by atoms with Gasteiger partial charge in [0, 0.05) is 31.9 Å². The number of rotatable bonds is 10. The molecule has 0 aliphatic heterocycles. The van der Waals surface area contributed by atoms with E-state index in [-0.39, 0.29) is 16.9 Å². The number of carbonyl (C=O) groups is 1. The number of hydrogen-bond acceptors (Lipinski definition) is 5. The Morgan fingerprint density at radius 1 is 1.38 bits per heavy atom. The normalized spacial score (nSPS) is 10.3. The molecule has 0 aliphatic carbocycles. The van der Waals surface area contributed by atoms with Crippen molar-refractivity contribution in [2.45, 2.75) is 26.2 Å². The molecule has 0 aromatic heterocycles. The van der Waals surface area contributed by atoms with Crippen molar-refractivity contribution in [1.82, 2.24) is 0 Å². The maximum Gasteiger partial charge on any atom is 0.337 e. The van der Waals surface area contributed by atoms with Gasteiger partial charge in [-0.3, -0.25) is 10.1 Å². The number of benzene rings is 1. The Labute approximate surface area is 123 Å². The summed E-state index contributed by atoms with van der Waals surface area (Å²) in [5.41, 5.74) is 0.138. The largest absolute Gasteiger partial charge is 0.478 e. The number of ether oxygens (including phenoxy) is 1. The minimum Gasteiger partial charge on any atom is -0.478 e. The summed E-state index contributed by atoms with van der Waals surface area (Å²) >= 11 is 0. The highest BCUT2D eigenvalue weighted by Gasteiger charge is 2.14. The Balaban J connectivity index is 2.53. The van der Waals surface area contributed by atoms with E-state index in [0.29, 0.717) is 26.2 Å². The third kappa shape index (κ3) is 5.78. The smallest absolute Gasteiger partial charge is 0.337 e. The molecule has 7 nitrogen and oxygen atoms in total. The first kappa shape index (κ1) is 16.9. The third-order valence-electron chi connectivity index (χ3n) is 2.87. The molecule has 0 unspecified atom stereocenters. The van der Waals surface area contributed by atoms with Gasteiger partial charge in [0.1, 0.15) is 0 Å². The number of anilines is 1. The predicted octanol–water partition coefficient (Wildman–Crippen LogP) is 2.91. The second-order valence-corrected chi connectivity index (χ2v) is 4.54. The Morgan fingerprint density at radius 2 is 2.10 bits per heavy atom. The van der Waals surface area contributed by atoms with Gasteiger partial charge in [0.2, 0.25) is 0 Å². The lowest BCUT2D eigenvalue weighted by Gasteiger charge is -2.09. The average Bonchev–Trinajstić information content (AvgIpc) is 2.45. The van der Waals surface area contributed by atoms with Crippen LogP contribution in [0.2, 0.25) is 0 Å². The van der Waals surface area contributed by atoms with E-state index in [9.17, 15) is 14.9 Å². The van der Waals surface area contributed by atoms with E-state index >= 15 is 0 Å². The van der Waals surface area contributed by atoms with Gasteiger partial charge in [0.05, 0.1) is 16.2 Å². The van der Waals surface area contributed by atoms with E-state index in [2.05, 4.69) is 12.2 Å². The number of non-ortho nitro benzene ring substituents is 1. The molecule has 0 atom stereocenters. The number of carboxylic acids is 1. The topological polar surface area (TPSA) is 102 Å². The number of aromatic carboxylic acids is 1. The first-order valence-corrected chi connectivity index (χ1v) is 6.89. The lowest BCUT2D eigenvalue weighted by molar-refractivity contribution is -0.384. The maximum absolute atomic E-state index is 11.1. The van der Waals surface area contributed by atoms with Crippen LogP contribution in [-0.2, 0) is 4.74 Å². The minimum absolute atomic E-state index is 0.0208. The van der Waals surface area contributed by atoms with Crippen molar-refractivity contribution in [3.63, 3.8) is 0 Å². The van der Waals surface area contributed by atoms with Gasteiger partial charge >= 0.3 is 5.97 Å². The van der Waals surface area contributed by atoms with E-state index in [1.165, 1.54) is 18.2 Å². The molecule has 1 aromatic carbocycles. The molecule has 0 fully saturated rings. The van der Waals surface area contributed by atoms with Crippen LogP contribution in [0.15, 0.2) is 18.2 Å². The van der Waals surface area contributed by atoms with Gasteiger partial charge in [0.25, 0.3) is 5.69 Å². The molecule has 0 radical (unpaired) electrons. The van der Waals surface area contributed by atoms with E-state index in [0.717, 1.165) is 12.8 Å². The highest BCUT2D eigenvalue weighted by molar-refractivity contribution is 5.94. The molecule has 2 N–H and O–H groups in total. The van der Waals surface area contributed by atoms with E-state index in [4.69, 9.17) is 9.84 Å². The van der Waals surface area contributed by atoms with Crippen LogP contribution in [0.1, 0.15) is 36.5 Å². The van der Waals surface area contributed by atoms with Gasteiger partial charge < -0.3 is 15.2 Å². The van der Waals surface area contributed by atoms with E-state index < -0.39 is 10.9 Å². The van der Waals surface area contributed by atoms with Crippen LogP contribution in [0.4, 0.5) is 11.4 Å². The molecule has 1 rings (SSSR count). The number of nitro groups is 1. The summed E-state index contributed by atoms with van der Waals surface area (Å²) in [6.07, 6.45) is 2.79. The Bertz CT molecular complexity index is 490. The molecule has 0 spiro atoms. The fourth-order valence-electron chi connectivity index (χ4n) is 1.72. The van der Waals surface area contributed by atoms with Crippen LogP contribution in [0, 0.1) is 10.1 Å². The second kappa shape index (κ2) is 8.91. The van der Waals surface area contributed by atoms with Crippen molar-refractivity contribution < 1.29 is 19.6 Å². The summed E-state index contributed by atoms with van der Waals surface area (Å²) in [5, 5.41) is 22.7. The Morgan fingerprint density at radius 3 is 2.71 bits per heavy atom. The second-order valence-electron chi connectivity index (χ2n) is 4.54. The van der Waals surface area contributed by atoms with Gasteiger partial charge in [0.15, 0.2) is 0 Å². The Kier molecular flexibility index (Phi) is 7.17. The monoisotopic (exact) mass is 296 g/mol. The first-order valence-electron chi connectivity index (χ1n) is 6.89. The molecule has 21 heavy (non-hydrogen) atoms. The van der Waals surface area contributed by atoms with Gasteiger partial charge in [-0.2, -0.15) is 0 Å². The summed E-state index contributed by atoms with van der Waals surface area (Å²) in [6, 6.07) is 3.66. The third-order valence-corrected chi connectivity index (χ3v) is 2.87. The van der Waals surface area contributed by atoms with E-state index in [1.807, 2.05) is 0 Å². The van der Waals surface area contributed by atoms with Gasteiger partial charge in [-0.05, 0) is 18.9 Å². The summed E-state index contributed by atoms with van der Waals surface area (Å²) < 4.78 is 5.39. The molecule has 1 aromatic rings. The van der Waals surface area contributed by atoms with Crippen LogP contribution < -0.4 is 5.32 Å². The molecule has 0 bridgehead atoms. The lowest BCUT2D eigenvalue weighted by atomic mass is 10.1. The number of hydrogen-bond donors (Lipinski definition) is 2. The van der Waals surface area contributed by atoms with Crippen LogP contribution in [0.25, 0.3) is 0 Å². The molecule has 0 heterocycles. The van der Waals surface area contributed by atoms with Gasteiger partial charge in [-0.25, -0.2) is 4.79 Å². The Hall–Kier alpha value is -2.15. The molecule has 0 amide bonds.